The predicted octanol–water partition coefficient (Wildman–Crippen LogP) is 4.22. The first kappa shape index (κ1) is 20.4. The summed E-state index contributed by atoms with van der Waals surface area (Å²) in [5, 5.41) is 0.984. The van der Waals surface area contributed by atoms with E-state index in [-0.39, 0.29) is 12.6 Å². The maximum absolute atomic E-state index is 12.1. The molecular formula is C24H22N4O3S. The van der Waals surface area contributed by atoms with Gasteiger partial charge in [0.2, 0.25) is 10.0 Å². The van der Waals surface area contributed by atoms with E-state index in [1.165, 1.54) is 4.31 Å². The third-order valence-electron chi connectivity index (χ3n) is 5.73. The Hall–Kier alpha value is -3.49. The Labute approximate surface area is 186 Å². The highest BCUT2D eigenvalue weighted by molar-refractivity contribution is 7.92. The number of hydrogen-bond donors (Lipinski definition) is 1. The van der Waals surface area contributed by atoms with Crippen molar-refractivity contribution in [3.63, 3.8) is 0 Å². The lowest BCUT2D eigenvalue weighted by atomic mass is 10.0. The van der Waals surface area contributed by atoms with Gasteiger partial charge in [0.05, 0.1) is 29.0 Å². The molecule has 0 bridgehead atoms. The lowest BCUT2D eigenvalue weighted by Gasteiger charge is -2.38. The predicted molar refractivity (Wildman–Crippen MR) is 124 cm³/mol. The van der Waals surface area contributed by atoms with Crippen LogP contribution >= 0.6 is 0 Å². The van der Waals surface area contributed by atoms with E-state index in [0.717, 1.165) is 45.2 Å². The second-order valence-corrected chi connectivity index (χ2v) is 9.42. The molecule has 1 N–H and O–H groups in total. The number of sulfonamides is 1. The molecule has 0 saturated carbocycles. The normalized spacial score (nSPS) is 16.6. The average molecular weight is 447 g/mol. The van der Waals surface area contributed by atoms with E-state index in [9.17, 15) is 8.42 Å². The standard InChI is InChI=1S/C24H22N4O3S/c1-2-32(29,30)28-14-11-18(28)16-31-21-15-25-13-10-19(21)23-22(17-7-4-3-5-8-17)24-20(27-23)9-6-12-26-24/h2-10,12-13,15,18,27H,1,11,14,16H2/t18-/m0/s1. The fourth-order valence-corrected chi connectivity index (χ4v) is 5.14. The minimum atomic E-state index is -3.45. The van der Waals surface area contributed by atoms with Crippen LogP contribution in [0.4, 0.5) is 0 Å². The largest absolute Gasteiger partial charge is 0.490 e. The van der Waals surface area contributed by atoms with Gasteiger partial charge in [0.1, 0.15) is 12.4 Å². The van der Waals surface area contributed by atoms with E-state index in [1.54, 1.807) is 18.6 Å². The molecule has 0 amide bonds. The molecule has 3 aromatic heterocycles. The Balaban J connectivity index is 1.53. The second-order valence-electron chi connectivity index (χ2n) is 7.59. The van der Waals surface area contributed by atoms with Crippen LogP contribution in [0, 0.1) is 0 Å². The lowest BCUT2D eigenvalue weighted by Crippen LogP contribution is -2.53. The molecule has 1 saturated heterocycles. The van der Waals surface area contributed by atoms with Crippen LogP contribution in [0.15, 0.2) is 79.1 Å². The second kappa shape index (κ2) is 8.22. The monoisotopic (exact) mass is 446 g/mol. The van der Waals surface area contributed by atoms with E-state index in [1.807, 2.05) is 36.4 Å². The first-order valence-electron chi connectivity index (χ1n) is 10.3. The third-order valence-corrected chi connectivity index (χ3v) is 7.28. The van der Waals surface area contributed by atoms with Crippen LogP contribution in [0.5, 0.6) is 5.75 Å². The van der Waals surface area contributed by atoms with Crippen molar-refractivity contribution in [2.24, 2.45) is 0 Å². The molecule has 1 aliphatic heterocycles. The van der Waals surface area contributed by atoms with Crippen LogP contribution < -0.4 is 4.74 Å². The van der Waals surface area contributed by atoms with Gasteiger partial charge in [-0.05, 0) is 30.2 Å². The molecule has 7 nitrogen and oxygen atoms in total. The number of H-pyrrole nitrogens is 1. The molecule has 1 fully saturated rings. The number of pyridine rings is 2. The van der Waals surface area contributed by atoms with Crippen molar-refractivity contribution in [1.29, 1.82) is 0 Å². The molecule has 1 aliphatic rings. The van der Waals surface area contributed by atoms with Gasteiger partial charge in [-0.25, -0.2) is 8.42 Å². The van der Waals surface area contributed by atoms with Crippen molar-refractivity contribution in [2.45, 2.75) is 12.5 Å². The zero-order valence-electron chi connectivity index (χ0n) is 17.3. The third kappa shape index (κ3) is 3.57. The zero-order valence-corrected chi connectivity index (χ0v) is 18.1. The van der Waals surface area contributed by atoms with Crippen molar-refractivity contribution < 1.29 is 13.2 Å². The molecule has 0 spiro atoms. The number of hydrogen-bond acceptors (Lipinski definition) is 5. The average Bonchev–Trinajstić information content (AvgIpc) is 3.18. The highest BCUT2D eigenvalue weighted by Crippen LogP contribution is 2.40. The van der Waals surface area contributed by atoms with Crippen LogP contribution in [0.2, 0.25) is 0 Å². The van der Waals surface area contributed by atoms with Gasteiger partial charge in [0, 0.05) is 35.5 Å². The first-order chi connectivity index (χ1) is 15.6. The Morgan fingerprint density at radius 3 is 2.75 bits per heavy atom. The van der Waals surface area contributed by atoms with Gasteiger partial charge in [-0.15, -0.1) is 0 Å². The van der Waals surface area contributed by atoms with E-state index in [0.29, 0.717) is 12.3 Å². The number of fused-ring (bicyclic) bond motifs is 1. The quantitative estimate of drug-likeness (QED) is 0.459. The summed E-state index contributed by atoms with van der Waals surface area (Å²) in [6.45, 7) is 4.13. The number of nitrogens with one attached hydrogen (secondary N) is 1. The summed E-state index contributed by atoms with van der Waals surface area (Å²) < 4.78 is 31.8. The van der Waals surface area contributed by atoms with Crippen molar-refractivity contribution in [3.8, 4) is 28.1 Å². The summed E-state index contributed by atoms with van der Waals surface area (Å²) in [6, 6.07) is 15.6. The van der Waals surface area contributed by atoms with E-state index in [2.05, 4.69) is 33.7 Å². The molecule has 162 valence electrons. The van der Waals surface area contributed by atoms with Gasteiger partial charge in [0.15, 0.2) is 0 Å². The highest BCUT2D eigenvalue weighted by Gasteiger charge is 2.36. The molecule has 1 atom stereocenters. The number of ether oxygens (including phenoxy) is 1. The van der Waals surface area contributed by atoms with E-state index >= 15 is 0 Å². The van der Waals surface area contributed by atoms with Gasteiger partial charge in [-0.3, -0.25) is 9.97 Å². The topological polar surface area (TPSA) is 88.2 Å². The molecule has 0 radical (unpaired) electrons. The maximum atomic E-state index is 12.1. The molecule has 4 aromatic rings. The number of aromatic amines is 1. The minimum absolute atomic E-state index is 0.218. The van der Waals surface area contributed by atoms with Gasteiger partial charge in [-0.1, -0.05) is 36.9 Å². The summed E-state index contributed by atoms with van der Waals surface area (Å²) in [5.41, 5.74) is 5.54. The van der Waals surface area contributed by atoms with E-state index < -0.39 is 10.0 Å². The van der Waals surface area contributed by atoms with Gasteiger partial charge in [-0.2, -0.15) is 4.31 Å². The molecule has 5 rings (SSSR count). The molecule has 4 heterocycles. The lowest BCUT2D eigenvalue weighted by molar-refractivity contribution is 0.130. The maximum Gasteiger partial charge on any atom is 0.236 e. The number of nitrogens with zero attached hydrogens (tertiary/aromatic N) is 3. The Bertz CT molecular complexity index is 1380. The smallest absolute Gasteiger partial charge is 0.236 e. The number of rotatable bonds is 7. The van der Waals surface area contributed by atoms with Crippen molar-refractivity contribution >= 4 is 21.1 Å². The van der Waals surface area contributed by atoms with Crippen molar-refractivity contribution in [2.75, 3.05) is 13.2 Å². The molecule has 32 heavy (non-hydrogen) atoms. The fourth-order valence-electron chi connectivity index (χ4n) is 4.01. The summed E-state index contributed by atoms with van der Waals surface area (Å²) in [7, 11) is -3.45. The van der Waals surface area contributed by atoms with Gasteiger partial charge in [0.25, 0.3) is 0 Å². The van der Waals surface area contributed by atoms with Crippen LogP contribution in [-0.2, 0) is 10.0 Å². The van der Waals surface area contributed by atoms with Crippen LogP contribution in [0.1, 0.15) is 6.42 Å². The van der Waals surface area contributed by atoms with Gasteiger partial charge >= 0.3 is 0 Å². The number of benzene rings is 1. The zero-order chi connectivity index (χ0) is 22.1. The Kier molecular flexibility index (Phi) is 5.24. The van der Waals surface area contributed by atoms with Crippen LogP contribution in [0.25, 0.3) is 33.4 Å². The molecule has 0 aliphatic carbocycles. The highest BCUT2D eigenvalue weighted by atomic mass is 32.2. The first-order valence-corrected chi connectivity index (χ1v) is 11.8. The molecule has 0 unspecified atom stereocenters. The molecule has 8 heteroatoms. The van der Waals surface area contributed by atoms with Crippen LogP contribution in [0.3, 0.4) is 0 Å². The Morgan fingerprint density at radius 1 is 1.16 bits per heavy atom. The molecular weight excluding hydrogens is 424 g/mol. The SMILES string of the molecule is C=CS(=O)(=O)N1CC[C@H]1COc1cnccc1-c1[nH]c2cccnc2c1-c1ccccc1. The minimum Gasteiger partial charge on any atom is -0.490 e. The van der Waals surface area contributed by atoms with E-state index in [4.69, 9.17) is 4.74 Å². The fraction of sp³-hybridized carbons (Fsp3) is 0.167. The number of aromatic nitrogens is 3. The summed E-state index contributed by atoms with van der Waals surface area (Å²) in [5.74, 6) is 0.582. The summed E-state index contributed by atoms with van der Waals surface area (Å²) >= 11 is 0. The van der Waals surface area contributed by atoms with Crippen molar-refractivity contribution in [1.82, 2.24) is 19.3 Å². The Morgan fingerprint density at radius 2 is 2.00 bits per heavy atom. The summed E-state index contributed by atoms with van der Waals surface area (Å²) in [6.07, 6.45) is 5.90. The summed E-state index contributed by atoms with van der Waals surface area (Å²) in [4.78, 5) is 12.3. The van der Waals surface area contributed by atoms with Gasteiger partial charge < -0.3 is 9.72 Å². The molecule has 1 aromatic carbocycles. The van der Waals surface area contributed by atoms with Crippen molar-refractivity contribution in [3.05, 3.63) is 79.1 Å². The van der Waals surface area contributed by atoms with Crippen LogP contribution in [-0.4, -0.2) is 46.9 Å².